The lowest BCUT2D eigenvalue weighted by molar-refractivity contribution is 0.0527. The maximum Gasteiger partial charge on any atom is 0.407 e. The van der Waals surface area contributed by atoms with Gasteiger partial charge in [0.15, 0.2) is 5.96 Å². The number of likely N-dealkylation sites (tertiary alicyclic amines) is 1. The number of nitrogens with zero attached hydrogens (tertiary/aromatic N) is 2. The molecule has 2 rings (SSSR count). The molecule has 1 unspecified atom stereocenters. The number of benzene rings is 1. The van der Waals surface area contributed by atoms with E-state index in [4.69, 9.17) is 9.47 Å². The molecular formula is C22H37IN4O3. The first-order valence-corrected chi connectivity index (χ1v) is 10.4. The van der Waals surface area contributed by atoms with Gasteiger partial charge in [-0.3, -0.25) is 4.99 Å². The first kappa shape index (κ1) is 26.5. The fourth-order valence-corrected chi connectivity index (χ4v) is 3.20. The SMILES string of the molecule is CN=C(NCCCNC(=O)OC(C)(C)C)N1CCC(COCc2ccccc2)C1.I. The Labute approximate surface area is 198 Å². The zero-order valence-corrected chi connectivity index (χ0v) is 21.0. The number of rotatable bonds is 8. The third kappa shape index (κ3) is 10.5. The van der Waals surface area contributed by atoms with E-state index >= 15 is 0 Å². The second-order valence-electron chi connectivity index (χ2n) is 8.36. The number of halogens is 1. The second kappa shape index (κ2) is 13.7. The van der Waals surface area contributed by atoms with Gasteiger partial charge in [-0.1, -0.05) is 30.3 Å². The number of guanidine groups is 1. The average molecular weight is 532 g/mol. The highest BCUT2D eigenvalue weighted by Gasteiger charge is 2.24. The van der Waals surface area contributed by atoms with Gasteiger partial charge >= 0.3 is 6.09 Å². The van der Waals surface area contributed by atoms with Crippen molar-refractivity contribution in [3.05, 3.63) is 35.9 Å². The Morgan fingerprint density at radius 1 is 1.20 bits per heavy atom. The molecule has 0 aliphatic carbocycles. The molecule has 2 N–H and O–H groups in total. The van der Waals surface area contributed by atoms with Gasteiger partial charge in [0.2, 0.25) is 0 Å². The average Bonchev–Trinajstić information content (AvgIpc) is 3.13. The predicted octanol–water partition coefficient (Wildman–Crippen LogP) is 3.63. The standard InChI is InChI=1S/C22H36N4O3.HI/c1-22(2,3)29-21(27)25-13-8-12-24-20(23-4)26-14-11-19(15-26)17-28-16-18-9-6-5-7-10-18;/h5-7,9-10,19H,8,11-17H2,1-4H3,(H,23,24)(H,25,27);1H. The van der Waals surface area contributed by atoms with Gasteiger partial charge in [-0.15, -0.1) is 24.0 Å². The number of aliphatic imine (C=N–C) groups is 1. The lowest BCUT2D eigenvalue weighted by Gasteiger charge is -2.22. The molecule has 0 spiro atoms. The van der Waals surface area contributed by atoms with Gasteiger partial charge in [-0.2, -0.15) is 0 Å². The Morgan fingerprint density at radius 2 is 1.90 bits per heavy atom. The Kier molecular flexibility index (Phi) is 12.1. The molecule has 0 bridgehead atoms. The van der Waals surface area contributed by atoms with Crippen molar-refractivity contribution in [3.63, 3.8) is 0 Å². The number of alkyl carbamates (subject to hydrolysis) is 1. The van der Waals surface area contributed by atoms with Crippen molar-refractivity contribution < 1.29 is 14.3 Å². The van der Waals surface area contributed by atoms with Gasteiger partial charge in [0.1, 0.15) is 5.60 Å². The van der Waals surface area contributed by atoms with Crippen molar-refractivity contribution in [1.29, 1.82) is 0 Å². The molecule has 1 aliphatic rings. The van der Waals surface area contributed by atoms with E-state index in [-0.39, 0.29) is 30.1 Å². The zero-order valence-electron chi connectivity index (χ0n) is 18.6. The van der Waals surface area contributed by atoms with Crippen LogP contribution in [0.4, 0.5) is 4.79 Å². The molecule has 1 amide bonds. The molecule has 0 radical (unpaired) electrons. The van der Waals surface area contributed by atoms with E-state index in [9.17, 15) is 4.79 Å². The topological polar surface area (TPSA) is 75.2 Å². The van der Waals surface area contributed by atoms with E-state index in [2.05, 4.69) is 32.7 Å². The summed E-state index contributed by atoms with van der Waals surface area (Å²) in [6.45, 7) is 10.2. The molecule has 30 heavy (non-hydrogen) atoms. The van der Waals surface area contributed by atoms with E-state index < -0.39 is 5.60 Å². The summed E-state index contributed by atoms with van der Waals surface area (Å²) < 4.78 is 11.1. The van der Waals surface area contributed by atoms with Crippen LogP contribution in [0.2, 0.25) is 0 Å². The maximum atomic E-state index is 11.6. The third-order valence-electron chi connectivity index (χ3n) is 4.57. The summed E-state index contributed by atoms with van der Waals surface area (Å²) in [5.74, 6) is 1.43. The van der Waals surface area contributed by atoms with Crippen LogP contribution in [-0.2, 0) is 16.1 Å². The van der Waals surface area contributed by atoms with Crippen molar-refractivity contribution in [2.24, 2.45) is 10.9 Å². The minimum atomic E-state index is -0.471. The largest absolute Gasteiger partial charge is 0.444 e. The van der Waals surface area contributed by atoms with E-state index in [1.165, 1.54) is 5.56 Å². The quantitative estimate of drug-likeness (QED) is 0.232. The summed E-state index contributed by atoms with van der Waals surface area (Å²) in [5.41, 5.74) is 0.737. The van der Waals surface area contributed by atoms with Gasteiger partial charge in [0.05, 0.1) is 13.2 Å². The number of hydrogen-bond acceptors (Lipinski definition) is 4. The van der Waals surface area contributed by atoms with Crippen LogP contribution in [0.3, 0.4) is 0 Å². The van der Waals surface area contributed by atoms with Gasteiger partial charge in [-0.25, -0.2) is 4.79 Å². The lowest BCUT2D eigenvalue weighted by atomic mass is 10.1. The molecule has 0 aromatic heterocycles. The molecule has 7 nitrogen and oxygen atoms in total. The highest BCUT2D eigenvalue weighted by atomic mass is 127. The second-order valence-corrected chi connectivity index (χ2v) is 8.36. The van der Waals surface area contributed by atoms with Crippen LogP contribution < -0.4 is 10.6 Å². The first-order chi connectivity index (χ1) is 13.9. The fraction of sp³-hybridized carbons (Fsp3) is 0.636. The third-order valence-corrected chi connectivity index (χ3v) is 4.57. The van der Waals surface area contributed by atoms with Crippen molar-refractivity contribution in [2.45, 2.75) is 45.8 Å². The van der Waals surface area contributed by atoms with Crippen LogP contribution in [0, 0.1) is 5.92 Å². The minimum absolute atomic E-state index is 0. The van der Waals surface area contributed by atoms with Crippen molar-refractivity contribution in [1.82, 2.24) is 15.5 Å². The van der Waals surface area contributed by atoms with Crippen molar-refractivity contribution in [3.8, 4) is 0 Å². The molecule has 1 saturated heterocycles. The van der Waals surface area contributed by atoms with Crippen LogP contribution in [0.1, 0.15) is 39.2 Å². The molecule has 1 aromatic carbocycles. The Bertz CT molecular complexity index is 650. The number of carbonyl (C=O) groups excluding carboxylic acids is 1. The molecular weight excluding hydrogens is 495 g/mol. The lowest BCUT2D eigenvalue weighted by Crippen LogP contribution is -2.41. The van der Waals surface area contributed by atoms with Crippen LogP contribution >= 0.6 is 24.0 Å². The molecule has 1 heterocycles. The molecule has 8 heteroatoms. The zero-order chi connectivity index (χ0) is 21.1. The minimum Gasteiger partial charge on any atom is -0.444 e. The van der Waals surface area contributed by atoms with Gasteiger partial charge in [-0.05, 0) is 39.2 Å². The maximum absolute atomic E-state index is 11.6. The molecule has 170 valence electrons. The summed E-state index contributed by atoms with van der Waals surface area (Å²) in [4.78, 5) is 18.3. The van der Waals surface area contributed by atoms with Crippen LogP contribution in [0.5, 0.6) is 0 Å². The first-order valence-electron chi connectivity index (χ1n) is 10.4. The molecule has 1 atom stereocenters. The van der Waals surface area contributed by atoms with Gasteiger partial charge in [0, 0.05) is 39.1 Å². The normalized spacial score (nSPS) is 16.7. The fourth-order valence-electron chi connectivity index (χ4n) is 3.20. The highest BCUT2D eigenvalue weighted by molar-refractivity contribution is 14.0. The van der Waals surface area contributed by atoms with Gasteiger partial charge in [0.25, 0.3) is 0 Å². The smallest absolute Gasteiger partial charge is 0.407 e. The number of hydrogen-bond donors (Lipinski definition) is 2. The summed E-state index contributed by atoms with van der Waals surface area (Å²) in [6.07, 6.45) is 1.53. The van der Waals surface area contributed by atoms with E-state index in [0.29, 0.717) is 19.1 Å². The summed E-state index contributed by atoms with van der Waals surface area (Å²) in [6, 6.07) is 10.3. The monoisotopic (exact) mass is 532 g/mol. The number of ether oxygens (including phenoxy) is 2. The van der Waals surface area contributed by atoms with Gasteiger partial charge < -0.3 is 25.0 Å². The van der Waals surface area contributed by atoms with Crippen molar-refractivity contribution in [2.75, 3.05) is 39.8 Å². The Balaban J connectivity index is 0.00000450. The Hall–Kier alpha value is -1.55. The van der Waals surface area contributed by atoms with Crippen LogP contribution in [-0.4, -0.2) is 62.4 Å². The predicted molar refractivity (Wildman–Crippen MR) is 131 cm³/mol. The molecule has 1 aliphatic heterocycles. The van der Waals surface area contributed by atoms with E-state index in [1.807, 2.05) is 39.0 Å². The van der Waals surface area contributed by atoms with E-state index in [0.717, 1.165) is 45.0 Å². The number of nitrogens with one attached hydrogen (secondary N) is 2. The number of carbonyl (C=O) groups is 1. The summed E-state index contributed by atoms with van der Waals surface area (Å²) >= 11 is 0. The summed E-state index contributed by atoms with van der Waals surface area (Å²) in [5, 5.41) is 6.15. The number of amides is 1. The molecule has 0 saturated carbocycles. The van der Waals surface area contributed by atoms with Crippen LogP contribution in [0.25, 0.3) is 0 Å². The highest BCUT2D eigenvalue weighted by Crippen LogP contribution is 2.17. The Morgan fingerprint density at radius 3 is 2.57 bits per heavy atom. The van der Waals surface area contributed by atoms with Crippen LogP contribution in [0.15, 0.2) is 35.3 Å². The molecule has 1 fully saturated rings. The van der Waals surface area contributed by atoms with E-state index in [1.54, 1.807) is 7.05 Å². The molecule has 1 aromatic rings. The van der Waals surface area contributed by atoms with Crippen molar-refractivity contribution >= 4 is 36.0 Å². The summed E-state index contributed by atoms with van der Waals surface area (Å²) in [7, 11) is 1.81.